The van der Waals surface area contributed by atoms with Crippen LogP contribution in [0.2, 0.25) is 0 Å². The lowest BCUT2D eigenvalue weighted by Crippen LogP contribution is -2.27. The highest BCUT2D eigenvalue weighted by molar-refractivity contribution is 6.02. The van der Waals surface area contributed by atoms with Crippen LogP contribution in [0.5, 0.6) is 0 Å². The Kier molecular flexibility index (Phi) is 4.33. The summed E-state index contributed by atoms with van der Waals surface area (Å²) < 4.78 is 0. The van der Waals surface area contributed by atoms with Crippen molar-refractivity contribution in [2.24, 2.45) is 5.73 Å². The summed E-state index contributed by atoms with van der Waals surface area (Å²) in [6, 6.07) is 7.82. The van der Waals surface area contributed by atoms with Crippen molar-refractivity contribution < 1.29 is 4.79 Å². The van der Waals surface area contributed by atoms with Crippen molar-refractivity contribution >= 4 is 11.6 Å². The molecule has 1 aromatic carbocycles. The molecule has 21 heavy (non-hydrogen) atoms. The summed E-state index contributed by atoms with van der Waals surface area (Å²) in [5, 5.41) is 2.57. The first-order chi connectivity index (χ1) is 10.1. The van der Waals surface area contributed by atoms with Gasteiger partial charge < -0.3 is 16.0 Å². The summed E-state index contributed by atoms with van der Waals surface area (Å²) in [6.45, 7) is 0.241. The Morgan fingerprint density at radius 2 is 2.05 bits per heavy atom. The van der Waals surface area contributed by atoms with E-state index in [-0.39, 0.29) is 12.2 Å². The number of nitrogens with one attached hydrogen (secondary N) is 3. The van der Waals surface area contributed by atoms with Gasteiger partial charge in [0.25, 0.3) is 11.5 Å². The van der Waals surface area contributed by atoms with Gasteiger partial charge in [0, 0.05) is 17.3 Å². The molecule has 0 bridgehead atoms. The fourth-order valence-electron chi connectivity index (χ4n) is 1.62. The van der Waals surface area contributed by atoms with Gasteiger partial charge in [-0.3, -0.25) is 14.6 Å². The molecule has 0 atom stereocenters. The van der Waals surface area contributed by atoms with Gasteiger partial charge in [0.05, 0.1) is 6.54 Å². The van der Waals surface area contributed by atoms with E-state index >= 15 is 0 Å². The number of aromatic amines is 2. The number of hydrogen-bond acceptors (Lipinski definition) is 4. The Morgan fingerprint density at radius 3 is 2.76 bits per heavy atom. The number of benzene rings is 1. The van der Waals surface area contributed by atoms with Crippen molar-refractivity contribution in [1.29, 1.82) is 0 Å². The van der Waals surface area contributed by atoms with Crippen LogP contribution in [-0.4, -0.2) is 22.4 Å². The molecule has 0 aliphatic carbocycles. The van der Waals surface area contributed by atoms with E-state index in [0.29, 0.717) is 11.3 Å². The van der Waals surface area contributed by atoms with Gasteiger partial charge >= 0.3 is 5.69 Å². The molecule has 1 heterocycles. The molecule has 0 saturated carbocycles. The smallest absolute Gasteiger partial charge is 0.321 e. The average molecular weight is 284 g/mol. The normalized spacial score (nSPS) is 9.57. The van der Waals surface area contributed by atoms with Crippen LogP contribution in [-0.2, 0) is 0 Å². The standard InChI is InChI=1S/C14H12N4O3/c15-6-2-4-9-3-1-5-10(7-9)16-13(20)11-8-12(19)18-14(21)17-11/h1,3,5,7-8H,6,15H2,(H,16,20)(H2,17,18,19,21). The first kappa shape index (κ1) is 14.3. The molecule has 7 nitrogen and oxygen atoms in total. The number of amides is 1. The largest absolute Gasteiger partial charge is 0.326 e. The SMILES string of the molecule is NCC#Cc1cccc(NC(=O)c2cc(=O)[nH]c(=O)[nH]2)c1. The Hall–Kier alpha value is -3.11. The Morgan fingerprint density at radius 1 is 1.24 bits per heavy atom. The van der Waals surface area contributed by atoms with Crippen molar-refractivity contribution in [2.75, 3.05) is 11.9 Å². The monoisotopic (exact) mass is 284 g/mol. The Bertz CT molecular complexity index is 811. The van der Waals surface area contributed by atoms with E-state index in [0.717, 1.165) is 6.07 Å². The van der Waals surface area contributed by atoms with E-state index in [2.05, 4.69) is 22.1 Å². The number of nitrogens with two attached hydrogens (primary N) is 1. The second-order valence-corrected chi connectivity index (χ2v) is 4.04. The van der Waals surface area contributed by atoms with Gasteiger partial charge in [-0.25, -0.2) is 4.79 Å². The number of aromatic nitrogens is 2. The molecule has 106 valence electrons. The molecular weight excluding hydrogens is 272 g/mol. The molecule has 7 heteroatoms. The highest BCUT2D eigenvalue weighted by Gasteiger charge is 2.08. The zero-order chi connectivity index (χ0) is 15.2. The molecule has 1 aromatic heterocycles. The van der Waals surface area contributed by atoms with Crippen LogP contribution in [0, 0.1) is 11.8 Å². The molecule has 2 aromatic rings. The maximum absolute atomic E-state index is 12.0. The lowest BCUT2D eigenvalue weighted by Gasteiger charge is -2.05. The van der Waals surface area contributed by atoms with Crippen molar-refractivity contribution in [2.45, 2.75) is 0 Å². The molecule has 0 unspecified atom stereocenters. The van der Waals surface area contributed by atoms with E-state index in [1.165, 1.54) is 0 Å². The zero-order valence-electron chi connectivity index (χ0n) is 10.9. The van der Waals surface area contributed by atoms with E-state index in [1.807, 2.05) is 4.98 Å². The first-order valence-corrected chi connectivity index (χ1v) is 6.02. The average Bonchev–Trinajstić information content (AvgIpc) is 2.44. The van der Waals surface area contributed by atoms with Crippen LogP contribution in [0.1, 0.15) is 16.1 Å². The summed E-state index contributed by atoms with van der Waals surface area (Å²) in [6.07, 6.45) is 0. The summed E-state index contributed by atoms with van der Waals surface area (Å²) in [7, 11) is 0. The van der Waals surface area contributed by atoms with E-state index in [9.17, 15) is 14.4 Å². The predicted octanol–water partition coefficient (Wildman–Crippen LogP) is -0.374. The maximum Gasteiger partial charge on any atom is 0.326 e. The molecule has 0 fully saturated rings. The quantitative estimate of drug-likeness (QED) is 0.562. The molecule has 0 spiro atoms. The Labute approximate surface area is 119 Å². The van der Waals surface area contributed by atoms with Crippen molar-refractivity contribution in [3.05, 3.63) is 62.4 Å². The zero-order valence-corrected chi connectivity index (χ0v) is 10.9. The second-order valence-electron chi connectivity index (χ2n) is 4.04. The summed E-state index contributed by atoms with van der Waals surface area (Å²) in [5.74, 6) is 4.95. The van der Waals surface area contributed by atoms with Gasteiger partial charge in [0.2, 0.25) is 0 Å². The first-order valence-electron chi connectivity index (χ1n) is 6.02. The second kappa shape index (κ2) is 6.36. The summed E-state index contributed by atoms with van der Waals surface area (Å²) >= 11 is 0. The van der Waals surface area contributed by atoms with Gasteiger partial charge in [0.15, 0.2) is 0 Å². The minimum absolute atomic E-state index is 0.123. The molecule has 5 N–H and O–H groups in total. The number of rotatable bonds is 2. The van der Waals surface area contributed by atoms with E-state index < -0.39 is 17.2 Å². The lowest BCUT2D eigenvalue weighted by atomic mass is 10.2. The third-order valence-electron chi connectivity index (χ3n) is 2.46. The van der Waals surface area contributed by atoms with Gasteiger partial charge in [0.1, 0.15) is 5.69 Å². The number of hydrogen-bond donors (Lipinski definition) is 4. The van der Waals surface area contributed by atoms with Crippen LogP contribution in [0.15, 0.2) is 39.9 Å². The summed E-state index contributed by atoms with van der Waals surface area (Å²) in [5.41, 5.74) is 4.96. The molecule has 1 amide bonds. The predicted molar refractivity (Wildman–Crippen MR) is 78.0 cm³/mol. The number of anilines is 1. The minimum atomic E-state index is -0.741. The molecular formula is C14H12N4O3. The van der Waals surface area contributed by atoms with Crippen LogP contribution < -0.4 is 22.3 Å². The van der Waals surface area contributed by atoms with E-state index in [1.54, 1.807) is 24.3 Å². The molecule has 0 radical (unpaired) electrons. The van der Waals surface area contributed by atoms with Crippen molar-refractivity contribution in [3.63, 3.8) is 0 Å². The number of carbonyl (C=O) groups excluding carboxylic acids is 1. The van der Waals surface area contributed by atoms with Gasteiger partial charge in [-0.05, 0) is 18.2 Å². The van der Waals surface area contributed by atoms with Crippen molar-refractivity contribution in [1.82, 2.24) is 9.97 Å². The maximum atomic E-state index is 12.0. The van der Waals surface area contributed by atoms with Crippen LogP contribution in [0.25, 0.3) is 0 Å². The minimum Gasteiger partial charge on any atom is -0.321 e. The number of H-pyrrole nitrogens is 2. The topological polar surface area (TPSA) is 121 Å². The highest BCUT2D eigenvalue weighted by Crippen LogP contribution is 2.10. The van der Waals surface area contributed by atoms with Crippen LogP contribution in [0.3, 0.4) is 0 Å². The molecule has 2 rings (SSSR count). The fourth-order valence-corrected chi connectivity index (χ4v) is 1.62. The van der Waals surface area contributed by atoms with Crippen molar-refractivity contribution in [3.8, 4) is 11.8 Å². The van der Waals surface area contributed by atoms with Gasteiger partial charge in [-0.15, -0.1) is 0 Å². The number of carbonyl (C=O) groups is 1. The lowest BCUT2D eigenvalue weighted by molar-refractivity contribution is 0.102. The summed E-state index contributed by atoms with van der Waals surface area (Å²) in [4.78, 5) is 38.5. The Balaban J connectivity index is 2.23. The third kappa shape index (κ3) is 3.92. The highest BCUT2D eigenvalue weighted by atomic mass is 16.2. The fraction of sp³-hybridized carbons (Fsp3) is 0.0714. The van der Waals surface area contributed by atoms with Crippen LogP contribution >= 0.6 is 0 Å². The molecule has 0 aliphatic heterocycles. The van der Waals surface area contributed by atoms with Gasteiger partial charge in [-0.2, -0.15) is 0 Å². The van der Waals surface area contributed by atoms with Gasteiger partial charge in [-0.1, -0.05) is 17.9 Å². The molecule has 0 aliphatic rings. The molecule has 0 saturated heterocycles. The van der Waals surface area contributed by atoms with Crippen LogP contribution in [0.4, 0.5) is 5.69 Å². The van der Waals surface area contributed by atoms with E-state index in [4.69, 9.17) is 5.73 Å². The third-order valence-corrected chi connectivity index (χ3v) is 2.46.